The van der Waals surface area contributed by atoms with Crippen LogP contribution in [0.3, 0.4) is 0 Å². The van der Waals surface area contributed by atoms with Crippen molar-refractivity contribution < 1.29 is 28.5 Å². The molecule has 2 N–H and O–H groups in total. The summed E-state index contributed by atoms with van der Waals surface area (Å²) in [5.41, 5.74) is -0.254. The largest absolute Gasteiger partial charge is 0.464 e. The van der Waals surface area contributed by atoms with Gasteiger partial charge in [0.15, 0.2) is 6.10 Å². The normalized spacial score (nSPS) is 14.1. The summed E-state index contributed by atoms with van der Waals surface area (Å²) in [6, 6.07) is 1.63. The average molecular weight is 260 g/mol. The van der Waals surface area contributed by atoms with Gasteiger partial charge in [-0.25, -0.2) is 13.6 Å². The van der Waals surface area contributed by atoms with Crippen LogP contribution >= 0.6 is 0 Å². The van der Waals surface area contributed by atoms with E-state index in [4.69, 9.17) is 0 Å². The van der Waals surface area contributed by atoms with Gasteiger partial charge < -0.3 is 14.9 Å². The number of hydrogen-bond acceptors (Lipinski definition) is 4. The fourth-order valence-electron chi connectivity index (χ4n) is 1.43. The first kappa shape index (κ1) is 14.5. The van der Waals surface area contributed by atoms with Gasteiger partial charge in [-0.3, -0.25) is 0 Å². The van der Waals surface area contributed by atoms with Crippen LogP contribution in [0.2, 0.25) is 0 Å². The van der Waals surface area contributed by atoms with Gasteiger partial charge in [-0.1, -0.05) is 0 Å². The number of esters is 1. The van der Waals surface area contributed by atoms with E-state index in [-0.39, 0.29) is 17.7 Å². The summed E-state index contributed by atoms with van der Waals surface area (Å²) >= 11 is 0. The van der Waals surface area contributed by atoms with Gasteiger partial charge in [0.05, 0.1) is 6.61 Å². The van der Waals surface area contributed by atoms with Gasteiger partial charge in [0, 0.05) is 11.6 Å². The van der Waals surface area contributed by atoms with E-state index >= 15 is 0 Å². The number of carbonyl (C=O) groups is 1. The van der Waals surface area contributed by atoms with Gasteiger partial charge in [-0.05, 0) is 25.5 Å². The number of carbonyl (C=O) groups excluding carboxylic acids is 1. The van der Waals surface area contributed by atoms with E-state index in [1.54, 1.807) is 0 Å². The number of benzene rings is 1. The molecule has 2 atom stereocenters. The van der Waals surface area contributed by atoms with E-state index < -0.39 is 29.8 Å². The Morgan fingerprint density at radius 3 is 2.50 bits per heavy atom. The second-order valence-electron chi connectivity index (χ2n) is 3.76. The van der Waals surface area contributed by atoms with Gasteiger partial charge in [0.2, 0.25) is 0 Å². The molecule has 0 heterocycles. The van der Waals surface area contributed by atoms with E-state index in [2.05, 4.69) is 4.74 Å². The summed E-state index contributed by atoms with van der Waals surface area (Å²) < 4.78 is 30.9. The average Bonchev–Trinajstić information content (AvgIpc) is 2.32. The summed E-state index contributed by atoms with van der Waals surface area (Å²) in [5.74, 6) is -2.87. The topological polar surface area (TPSA) is 66.8 Å². The molecular formula is C12H14F2O4. The molecule has 0 aliphatic heterocycles. The first-order valence-corrected chi connectivity index (χ1v) is 5.36. The summed E-state index contributed by atoms with van der Waals surface area (Å²) in [6.45, 7) is 2.93. The Kier molecular flexibility index (Phi) is 4.75. The number of aryl methyl sites for hydroxylation is 1. The van der Waals surface area contributed by atoms with E-state index in [0.29, 0.717) is 6.07 Å². The molecule has 0 aliphatic rings. The smallest absolute Gasteiger partial charge is 0.338 e. The van der Waals surface area contributed by atoms with Gasteiger partial charge >= 0.3 is 5.97 Å². The Balaban J connectivity index is 3.00. The molecule has 2 unspecified atom stereocenters. The minimum absolute atomic E-state index is 0.0214. The lowest BCUT2D eigenvalue weighted by molar-refractivity contribution is -0.159. The molecule has 0 fully saturated rings. The van der Waals surface area contributed by atoms with Crippen LogP contribution in [0.5, 0.6) is 0 Å². The highest BCUT2D eigenvalue weighted by Crippen LogP contribution is 2.23. The Bertz CT molecular complexity index is 448. The molecule has 0 spiro atoms. The minimum Gasteiger partial charge on any atom is -0.464 e. The molecule has 6 heteroatoms. The van der Waals surface area contributed by atoms with Crippen molar-refractivity contribution in [1.82, 2.24) is 0 Å². The van der Waals surface area contributed by atoms with Crippen LogP contribution in [-0.4, -0.2) is 28.9 Å². The molecule has 0 saturated heterocycles. The van der Waals surface area contributed by atoms with Crippen molar-refractivity contribution in [3.63, 3.8) is 0 Å². The first-order valence-electron chi connectivity index (χ1n) is 5.36. The zero-order chi connectivity index (χ0) is 13.9. The maximum Gasteiger partial charge on any atom is 0.338 e. The van der Waals surface area contributed by atoms with Crippen LogP contribution in [0.4, 0.5) is 8.78 Å². The van der Waals surface area contributed by atoms with Crippen molar-refractivity contribution in [3.05, 3.63) is 34.9 Å². The number of ether oxygens (including phenoxy) is 1. The maximum absolute atomic E-state index is 13.4. The monoisotopic (exact) mass is 260 g/mol. The van der Waals surface area contributed by atoms with Crippen molar-refractivity contribution in [3.8, 4) is 0 Å². The third-order valence-corrected chi connectivity index (χ3v) is 2.42. The van der Waals surface area contributed by atoms with Gasteiger partial charge in [0.25, 0.3) is 0 Å². The summed E-state index contributed by atoms with van der Waals surface area (Å²) in [4.78, 5) is 11.2. The molecule has 1 aromatic carbocycles. The highest BCUT2D eigenvalue weighted by atomic mass is 19.1. The van der Waals surface area contributed by atoms with Crippen molar-refractivity contribution in [2.45, 2.75) is 26.1 Å². The molecule has 0 bridgehead atoms. The summed E-state index contributed by atoms with van der Waals surface area (Å²) in [5, 5.41) is 19.1. The SMILES string of the molecule is CCOC(=O)C(O)C(O)c1cc(C)c(F)cc1F. The van der Waals surface area contributed by atoms with Gasteiger partial charge in [-0.2, -0.15) is 0 Å². The van der Waals surface area contributed by atoms with Crippen LogP contribution in [-0.2, 0) is 9.53 Å². The van der Waals surface area contributed by atoms with Crippen molar-refractivity contribution in [2.75, 3.05) is 6.61 Å². The van der Waals surface area contributed by atoms with Gasteiger partial charge in [-0.15, -0.1) is 0 Å². The van der Waals surface area contributed by atoms with Crippen LogP contribution in [0.1, 0.15) is 24.2 Å². The lowest BCUT2D eigenvalue weighted by Crippen LogP contribution is -2.30. The fraction of sp³-hybridized carbons (Fsp3) is 0.417. The zero-order valence-corrected chi connectivity index (χ0v) is 9.98. The number of hydrogen-bond donors (Lipinski definition) is 2. The van der Waals surface area contributed by atoms with E-state index in [1.807, 2.05) is 0 Å². The second-order valence-corrected chi connectivity index (χ2v) is 3.76. The molecule has 1 rings (SSSR count). The third-order valence-electron chi connectivity index (χ3n) is 2.42. The molecule has 100 valence electrons. The molecule has 0 saturated carbocycles. The molecule has 4 nitrogen and oxygen atoms in total. The molecule has 0 aliphatic carbocycles. The maximum atomic E-state index is 13.4. The zero-order valence-electron chi connectivity index (χ0n) is 9.98. The fourth-order valence-corrected chi connectivity index (χ4v) is 1.43. The Hall–Kier alpha value is -1.53. The van der Waals surface area contributed by atoms with Crippen molar-refractivity contribution >= 4 is 5.97 Å². The summed E-state index contributed by atoms with van der Waals surface area (Å²) in [7, 11) is 0. The van der Waals surface area contributed by atoms with Crippen molar-refractivity contribution in [2.24, 2.45) is 0 Å². The van der Waals surface area contributed by atoms with Gasteiger partial charge in [0.1, 0.15) is 17.7 Å². The lowest BCUT2D eigenvalue weighted by Gasteiger charge is -2.17. The second kappa shape index (κ2) is 5.88. The number of aliphatic hydroxyl groups is 2. The standard InChI is InChI=1S/C12H14F2O4/c1-3-18-12(17)11(16)10(15)7-4-6(2)8(13)5-9(7)14/h4-5,10-11,15-16H,3H2,1-2H3. The molecule has 18 heavy (non-hydrogen) atoms. The number of halogens is 2. The van der Waals surface area contributed by atoms with Crippen LogP contribution in [0.25, 0.3) is 0 Å². The van der Waals surface area contributed by atoms with E-state index in [1.165, 1.54) is 13.8 Å². The van der Waals surface area contributed by atoms with Crippen molar-refractivity contribution in [1.29, 1.82) is 0 Å². The predicted octanol–water partition coefficient (Wildman–Crippen LogP) is 1.23. The van der Waals surface area contributed by atoms with Crippen LogP contribution in [0.15, 0.2) is 12.1 Å². The minimum atomic E-state index is -1.91. The highest BCUT2D eigenvalue weighted by Gasteiger charge is 2.29. The molecular weight excluding hydrogens is 246 g/mol. The molecule has 0 aromatic heterocycles. The lowest BCUT2D eigenvalue weighted by atomic mass is 10.0. The highest BCUT2D eigenvalue weighted by molar-refractivity contribution is 5.75. The van der Waals surface area contributed by atoms with Crippen LogP contribution in [0, 0.1) is 18.6 Å². The molecule has 0 amide bonds. The quantitative estimate of drug-likeness (QED) is 0.799. The van der Waals surface area contributed by atoms with E-state index in [9.17, 15) is 23.8 Å². The number of aliphatic hydroxyl groups excluding tert-OH is 2. The Morgan fingerprint density at radius 1 is 1.33 bits per heavy atom. The molecule has 1 aromatic rings. The van der Waals surface area contributed by atoms with Crippen LogP contribution < -0.4 is 0 Å². The Morgan fingerprint density at radius 2 is 1.94 bits per heavy atom. The van der Waals surface area contributed by atoms with E-state index in [0.717, 1.165) is 6.07 Å². The predicted molar refractivity (Wildman–Crippen MR) is 58.7 cm³/mol. The Labute approximate surface area is 103 Å². The third kappa shape index (κ3) is 3.02. The summed E-state index contributed by atoms with van der Waals surface area (Å²) in [6.07, 6.45) is -3.72. The molecule has 0 radical (unpaired) electrons. The number of rotatable bonds is 4. The first-order chi connectivity index (χ1) is 8.38.